The van der Waals surface area contributed by atoms with E-state index in [0.29, 0.717) is 51.3 Å². The predicted molar refractivity (Wildman–Crippen MR) is 111 cm³/mol. The van der Waals surface area contributed by atoms with Crippen molar-refractivity contribution >= 4 is 22.7 Å². The SMILES string of the molecule is O=C(CCc1c[nH]c2ccccc12)N1CCOC2(CCN(C(=O)c3ccn[nH]3)C2)C1. The number of nitrogens with zero attached hydrogens (tertiary/aromatic N) is 3. The molecule has 1 atom stereocenters. The van der Waals surface area contributed by atoms with Crippen molar-refractivity contribution in [3.8, 4) is 0 Å². The van der Waals surface area contributed by atoms with Crippen molar-refractivity contribution in [1.29, 1.82) is 0 Å². The highest BCUT2D eigenvalue weighted by molar-refractivity contribution is 5.92. The molecule has 0 saturated carbocycles. The minimum atomic E-state index is -0.468. The molecule has 2 aliphatic heterocycles. The Hall–Kier alpha value is -3.13. The fourth-order valence-corrected chi connectivity index (χ4v) is 4.61. The van der Waals surface area contributed by atoms with Gasteiger partial charge in [0, 0.05) is 42.8 Å². The van der Waals surface area contributed by atoms with Crippen LogP contribution < -0.4 is 0 Å². The fourth-order valence-electron chi connectivity index (χ4n) is 4.61. The van der Waals surface area contributed by atoms with Gasteiger partial charge < -0.3 is 19.5 Å². The van der Waals surface area contributed by atoms with Gasteiger partial charge in [0.1, 0.15) is 11.3 Å². The molecule has 3 aromatic rings. The zero-order chi connectivity index (χ0) is 20.6. The van der Waals surface area contributed by atoms with Crippen molar-refractivity contribution in [2.75, 3.05) is 32.8 Å². The second kappa shape index (κ2) is 7.60. The maximum atomic E-state index is 12.9. The standard InChI is InChI=1S/C22H25N5O3/c28-20(6-5-16-13-23-18-4-2-1-3-17(16)18)26-11-12-30-22(14-26)8-10-27(15-22)21(29)19-7-9-24-25-19/h1-4,7,9,13,23H,5-6,8,10-12,14-15H2,(H,24,25). The Bertz CT molecular complexity index is 1060. The highest BCUT2D eigenvalue weighted by Gasteiger charge is 2.45. The van der Waals surface area contributed by atoms with Gasteiger partial charge >= 0.3 is 0 Å². The number of carbonyl (C=O) groups is 2. The zero-order valence-corrected chi connectivity index (χ0v) is 16.8. The Morgan fingerprint density at radius 2 is 2.00 bits per heavy atom. The molecule has 2 amide bonds. The van der Waals surface area contributed by atoms with Crippen LogP contribution in [-0.2, 0) is 16.0 Å². The number of morpholine rings is 1. The van der Waals surface area contributed by atoms with Gasteiger partial charge in [-0.05, 0) is 30.5 Å². The molecular weight excluding hydrogens is 382 g/mol. The molecule has 4 heterocycles. The van der Waals surface area contributed by atoms with Crippen molar-refractivity contribution in [2.24, 2.45) is 0 Å². The van der Waals surface area contributed by atoms with E-state index < -0.39 is 5.60 Å². The Morgan fingerprint density at radius 1 is 1.13 bits per heavy atom. The van der Waals surface area contributed by atoms with Crippen LogP contribution in [-0.4, -0.2) is 75.2 Å². The van der Waals surface area contributed by atoms with Crippen molar-refractivity contribution in [3.05, 3.63) is 54.0 Å². The third-order valence-corrected chi connectivity index (χ3v) is 6.22. The summed E-state index contributed by atoms with van der Waals surface area (Å²) in [6.07, 6.45) is 5.48. The lowest BCUT2D eigenvalue weighted by Gasteiger charge is -2.40. The van der Waals surface area contributed by atoms with E-state index in [1.807, 2.05) is 29.3 Å². The highest BCUT2D eigenvalue weighted by Crippen LogP contribution is 2.30. The average Bonchev–Trinajstić information content (AvgIpc) is 3.52. The number of nitrogens with one attached hydrogen (secondary N) is 2. The third-order valence-electron chi connectivity index (χ3n) is 6.22. The molecule has 8 heteroatoms. The lowest BCUT2D eigenvalue weighted by molar-refractivity contribution is -0.148. The number of aromatic amines is 2. The summed E-state index contributed by atoms with van der Waals surface area (Å²) in [4.78, 5) is 32.5. The monoisotopic (exact) mass is 407 g/mol. The minimum absolute atomic E-state index is 0.0734. The van der Waals surface area contributed by atoms with Crippen molar-refractivity contribution in [2.45, 2.75) is 24.9 Å². The number of rotatable bonds is 4. The van der Waals surface area contributed by atoms with Crippen LogP contribution in [0.2, 0.25) is 0 Å². The number of amides is 2. The normalized spacial score (nSPS) is 21.6. The Kier molecular flexibility index (Phi) is 4.78. The third kappa shape index (κ3) is 3.47. The molecule has 1 aromatic carbocycles. The molecule has 2 aromatic heterocycles. The molecule has 1 unspecified atom stereocenters. The molecule has 0 aliphatic carbocycles. The average molecular weight is 407 g/mol. The molecule has 2 saturated heterocycles. The van der Waals surface area contributed by atoms with Crippen LogP contribution in [0, 0.1) is 0 Å². The first-order chi connectivity index (χ1) is 14.6. The van der Waals surface area contributed by atoms with Gasteiger partial charge in [-0.1, -0.05) is 18.2 Å². The highest BCUT2D eigenvalue weighted by atomic mass is 16.5. The summed E-state index contributed by atoms with van der Waals surface area (Å²) in [5.41, 5.74) is 2.27. The summed E-state index contributed by atoms with van der Waals surface area (Å²) < 4.78 is 6.09. The van der Waals surface area contributed by atoms with Gasteiger partial charge in [0.15, 0.2) is 0 Å². The van der Waals surface area contributed by atoms with E-state index in [4.69, 9.17) is 4.74 Å². The first-order valence-corrected chi connectivity index (χ1v) is 10.4. The number of H-pyrrole nitrogens is 2. The Labute approximate surface area is 174 Å². The molecule has 2 fully saturated rings. The van der Waals surface area contributed by atoms with Gasteiger partial charge in [0.25, 0.3) is 5.91 Å². The largest absolute Gasteiger partial charge is 0.369 e. The molecule has 8 nitrogen and oxygen atoms in total. The van der Waals surface area contributed by atoms with E-state index in [1.54, 1.807) is 17.2 Å². The van der Waals surface area contributed by atoms with Gasteiger partial charge in [-0.25, -0.2) is 0 Å². The lowest BCUT2D eigenvalue weighted by Crippen LogP contribution is -2.55. The fraction of sp³-hybridized carbons (Fsp3) is 0.409. The Morgan fingerprint density at radius 3 is 2.87 bits per heavy atom. The molecule has 30 heavy (non-hydrogen) atoms. The smallest absolute Gasteiger partial charge is 0.271 e. The van der Waals surface area contributed by atoms with E-state index in [-0.39, 0.29) is 11.8 Å². The van der Waals surface area contributed by atoms with E-state index >= 15 is 0 Å². The summed E-state index contributed by atoms with van der Waals surface area (Å²) in [7, 11) is 0. The summed E-state index contributed by atoms with van der Waals surface area (Å²) >= 11 is 0. The van der Waals surface area contributed by atoms with Crippen LogP contribution >= 0.6 is 0 Å². The molecule has 0 radical (unpaired) electrons. The van der Waals surface area contributed by atoms with Crippen molar-refractivity contribution in [3.63, 3.8) is 0 Å². The molecule has 156 valence electrons. The van der Waals surface area contributed by atoms with Gasteiger partial charge in [0.05, 0.1) is 19.7 Å². The number of likely N-dealkylation sites (tertiary alicyclic amines) is 1. The second-order valence-corrected chi connectivity index (χ2v) is 8.15. The first kappa shape index (κ1) is 18.9. The zero-order valence-electron chi connectivity index (χ0n) is 16.8. The van der Waals surface area contributed by atoms with Crippen LogP contribution in [0.4, 0.5) is 0 Å². The molecule has 1 spiro atoms. The minimum Gasteiger partial charge on any atom is -0.369 e. The summed E-state index contributed by atoms with van der Waals surface area (Å²) in [5.74, 6) is 0.0667. The number of fused-ring (bicyclic) bond motifs is 1. The number of ether oxygens (including phenoxy) is 1. The number of aromatic nitrogens is 3. The summed E-state index contributed by atoms with van der Waals surface area (Å²) in [5, 5.41) is 7.75. The van der Waals surface area contributed by atoms with Crippen LogP contribution in [0.3, 0.4) is 0 Å². The second-order valence-electron chi connectivity index (χ2n) is 8.15. The van der Waals surface area contributed by atoms with Gasteiger partial charge in [-0.2, -0.15) is 5.10 Å². The number of carbonyl (C=O) groups excluding carboxylic acids is 2. The first-order valence-electron chi connectivity index (χ1n) is 10.4. The van der Waals surface area contributed by atoms with Gasteiger partial charge in [-0.3, -0.25) is 14.7 Å². The van der Waals surface area contributed by atoms with Gasteiger partial charge in [0.2, 0.25) is 5.91 Å². The molecular formula is C22H25N5O3. The Balaban J connectivity index is 1.21. The van der Waals surface area contributed by atoms with Crippen molar-refractivity contribution < 1.29 is 14.3 Å². The lowest BCUT2D eigenvalue weighted by atomic mass is 10.00. The molecule has 0 bridgehead atoms. The maximum absolute atomic E-state index is 12.9. The predicted octanol–water partition coefficient (Wildman–Crippen LogP) is 1.97. The van der Waals surface area contributed by atoms with Crippen LogP contribution in [0.25, 0.3) is 10.9 Å². The number of para-hydroxylation sites is 1. The topological polar surface area (TPSA) is 94.3 Å². The van der Waals surface area contributed by atoms with Crippen LogP contribution in [0.1, 0.15) is 28.9 Å². The van der Waals surface area contributed by atoms with E-state index in [1.165, 1.54) is 10.9 Å². The van der Waals surface area contributed by atoms with Crippen molar-refractivity contribution in [1.82, 2.24) is 25.0 Å². The number of aryl methyl sites for hydroxylation is 1. The summed E-state index contributed by atoms with van der Waals surface area (Å²) in [6, 6.07) is 9.82. The van der Waals surface area contributed by atoms with Crippen LogP contribution in [0.5, 0.6) is 0 Å². The van der Waals surface area contributed by atoms with E-state index in [2.05, 4.69) is 21.2 Å². The van der Waals surface area contributed by atoms with E-state index in [0.717, 1.165) is 11.9 Å². The maximum Gasteiger partial charge on any atom is 0.271 e. The molecule has 2 aliphatic rings. The molecule has 2 N–H and O–H groups in total. The number of hydrogen-bond donors (Lipinski definition) is 2. The summed E-state index contributed by atoms with van der Waals surface area (Å²) in [6.45, 7) is 2.76. The van der Waals surface area contributed by atoms with Crippen LogP contribution in [0.15, 0.2) is 42.7 Å². The van der Waals surface area contributed by atoms with Gasteiger partial charge in [-0.15, -0.1) is 0 Å². The van der Waals surface area contributed by atoms with E-state index in [9.17, 15) is 9.59 Å². The quantitative estimate of drug-likeness (QED) is 0.691. The molecule has 5 rings (SSSR count). The number of benzene rings is 1. The number of hydrogen-bond acceptors (Lipinski definition) is 4.